The van der Waals surface area contributed by atoms with Crippen LogP contribution in [0.4, 0.5) is 0 Å². The molecular formula is C39H48ClN3O6. The molecule has 262 valence electrons. The summed E-state index contributed by atoms with van der Waals surface area (Å²) in [6.07, 6.45) is 3.57. The van der Waals surface area contributed by atoms with E-state index in [0.29, 0.717) is 62.8 Å². The highest BCUT2D eigenvalue weighted by Gasteiger charge is 2.38. The quantitative estimate of drug-likeness (QED) is 0.132. The summed E-state index contributed by atoms with van der Waals surface area (Å²) in [6.45, 7) is 6.46. The van der Waals surface area contributed by atoms with Gasteiger partial charge in [-0.25, -0.2) is 0 Å². The summed E-state index contributed by atoms with van der Waals surface area (Å²) >= 11 is 6.69. The standard InChI is InChI=1S/C39H48ClN3O6/c1-26-6-5-7-27(2)38(26)49-21-20-48-32-14-10-29(11-15-32)33-18-19-42-35(24-47-25-46-4)37(33)39(45)43(31-12-13-31)23-30-22-28(8-16-34(30)40)9-17-36(44)41-3/h5-8,10-11,14-16,22,31,35,42H,9,12-13,17-21,23-25H2,1-4H3,(H,41,44). The Balaban J connectivity index is 1.35. The number of hydrogen-bond donors (Lipinski definition) is 2. The molecule has 1 saturated carbocycles. The van der Waals surface area contributed by atoms with Crippen molar-refractivity contribution in [3.8, 4) is 11.5 Å². The molecule has 9 nitrogen and oxygen atoms in total. The second kappa shape index (κ2) is 17.7. The van der Waals surface area contributed by atoms with Gasteiger partial charge in [-0.05, 0) is 97.7 Å². The van der Waals surface area contributed by atoms with Gasteiger partial charge in [0.2, 0.25) is 5.91 Å². The molecule has 0 aromatic heterocycles. The molecule has 2 aliphatic rings. The molecule has 3 aromatic carbocycles. The van der Waals surface area contributed by atoms with E-state index in [0.717, 1.165) is 57.7 Å². The van der Waals surface area contributed by atoms with Gasteiger partial charge in [0.1, 0.15) is 31.5 Å². The van der Waals surface area contributed by atoms with Crippen LogP contribution in [-0.2, 0) is 32.0 Å². The number of ether oxygens (including phenoxy) is 4. The molecule has 0 bridgehead atoms. The van der Waals surface area contributed by atoms with Crippen molar-refractivity contribution in [2.24, 2.45) is 0 Å². The predicted molar refractivity (Wildman–Crippen MR) is 192 cm³/mol. The van der Waals surface area contributed by atoms with Gasteiger partial charge in [0.25, 0.3) is 5.91 Å². The van der Waals surface area contributed by atoms with E-state index in [1.165, 1.54) is 0 Å². The largest absolute Gasteiger partial charge is 0.490 e. The van der Waals surface area contributed by atoms with Crippen molar-refractivity contribution in [2.45, 2.75) is 64.6 Å². The first kappa shape index (κ1) is 36.4. The number of nitrogens with zero attached hydrogens (tertiary/aromatic N) is 1. The van der Waals surface area contributed by atoms with Crippen LogP contribution in [0.5, 0.6) is 11.5 Å². The highest BCUT2D eigenvalue weighted by molar-refractivity contribution is 6.31. The second-order valence-electron chi connectivity index (χ2n) is 12.6. The summed E-state index contributed by atoms with van der Waals surface area (Å²) < 4.78 is 23.0. The van der Waals surface area contributed by atoms with Crippen LogP contribution >= 0.6 is 11.6 Å². The van der Waals surface area contributed by atoms with E-state index in [-0.39, 0.29) is 30.7 Å². The molecule has 1 fully saturated rings. The van der Waals surface area contributed by atoms with Crippen molar-refractivity contribution in [3.05, 3.63) is 99.1 Å². The fourth-order valence-electron chi connectivity index (χ4n) is 6.25. The minimum Gasteiger partial charge on any atom is -0.490 e. The first-order chi connectivity index (χ1) is 23.8. The number of aryl methyl sites for hydroxylation is 3. The monoisotopic (exact) mass is 689 g/mol. The molecule has 1 aliphatic heterocycles. The van der Waals surface area contributed by atoms with Crippen molar-refractivity contribution in [2.75, 3.05) is 47.3 Å². The fraction of sp³-hybridized carbons (Fsp3) is 0.436. The van der Waals surface area contributed by atoms with Crippen LogP contribution < -0.4 is 20.1 Å². The van der Waals surface area contributed by atoms with E-state index >= 15 is 0 Å². The van der Waals surface area contributed by atoms with Crippen LogP contribution in [0.1, 0.15) is 53.5 Å². The Bertz CT molecular complexity index is 1600. The number of para-hydroxylation sites is 1. The van der Waals surface area contributed by atoms with Crippen molar-refractivity contribution < 1.29 is 28.5 Å². The van der Waals surface area contributed by atoms with Crippen LogP contribution in [0.3, 0.4) is 0 Å². The van der Waals surface area contributed by atoms with Crippen LogP contribution in [0, 0.1) is 13.8 Å². The molecule has 1 heterocycles. The fourth-order valence-corrected chi connectivity index (χ4v) is 6.43. The Labute approximate surface area is 294 Å². The molecule has 1 atom stereocenters. The highest BCUT2D eigenvalue weighted by Crippen LogP contribution is 2.36. The highest BCUT2D eigenvalue weighted by atomic mass is 35.5. The van der Waals surface area contributed by atoms with Gasteiger partial charge in [-0.3, -0.25) is 9.59 Å². The number of carbonyl (C=O) groups is 2. The number of amides is 2. The minimum atomic E-state index is -0.306. The SMILES string of the molecule is CNC(=O)CCc1ccc(Cl)c(CN(C(=O)C2=C(c3ccc(OCCOc4c(C)cccc4C)cc3)CCNC2COCOC)C2CC2)c1. The molecule has 5 rings (SSSR count). The first-order valence-electron chi connectivity index (χ1n) is 17.0. The molecule has 3 aromatic rings. The number of benzene rings is 3. The lowest BCUT2D eigenvalue weighted by molar-refractivity contribution is -0.129. The molecule has 0 saturated heterocycles. The Kier molecular flexibility index (Phi) is 13.1. The van der Waals surface area contributed by atoms with Gasteiger partial charge in [0.15, 0.2) is 0 Å². The third-order valence-electron chi connectivity index (χ3n) is 8.98. The van der Waals surface area contributed by atoms with Gasteiger partial charge in [-0.15, -0.1) is 0 Å². The van der Waals surface area contributed by atoms with Crippen LogP contribution in [0.2, 0.25) is 5.02 Å². The average molecular weight is 690 g/mol. The molecule has 2 N–H and O–H groups in total. The predicted octanol–water partition coefficient (Wildman–Crippen LogP) is 6.02. The number of carbonyl (C=O) groups excluding carboxylic acids is 2. The van der Waals surface area contributed by atoms with Crippen molar-refractivity contribution in [1.82, 2.24) is 15.5 Å². The van der Waals surface area contributed by atoms with E-state index in [2.05, 4.69) is 10.6 Å². The smallest absolute Gasteiger partial charge is 0.252 e. The summed E-state index contributed by atoms with van der Waals surface area (Å²) in [5, 5.41) is 6.80. The van der Waals surface area contributed by atoms with Crippen molar-refractivity contribution in [3.63, 3.8) is 0 Å². The van der Waals surface area contributed by atoms with Gasteiger partial charge in [-0.1, -0.05) is 54.1 Å². The molecule has 0 spiro atoms. The van der Waals surface area contributed by atoms with Gasteiger partial charge < -0.3 is 34.5 Å². The Morgan fingerprint density at radius 1 is 1.00 bits per heavy atom. The van der Waals surface area contributed by atoms with Crippen molar-refractivity contribution >= 4 is 29.0 Å². The van der Waals surface area contributed by atoms with Gasteiger partial charge >= 0.3 is 0 Å². The van der Waals surface area contributed by atoms with Crippen LogP contribution in [-0.4, -0.2) is 76.1 Å². The van der Waals surface area contributed by atoms with Gasteiger partial charge in [0, 0.05) is 43.8 Å². The molecule has 49 heavy (non-hydrogen) atoms. The maximum Gasteiger partial charge on any atom is 0.252 e. The van der Waals surface area contributed by atoms with E-state index in [1.54, 1.807) is 14.2 Å². The Morgan fingerprint density at radius 2 is 1.73 bits per heavy atom. The third kappa shape index (κ3) is 9.85. The second-order valence-corrected chi connectivity index (χ2v) is 13.0. The summed E-state index contributed by atoms with van der Waals surface area (Å²) in [5.41, 5.74) is 6.77. The molecule has 1 unspecified atom stereocenters. The van der Waals surface area contributed by atoms with Crippen LogP contribution in [0.25, 0.3) is 5.57 Å². The van der Waals surface area contributed by atoms with Crippen molar-refractivity contribution in [1.29, 1.82) is 0 Å². The molecule has 2 amide bonds. The zero-order valence-corrected chi connectivity index (χ0v) is 29.7. The lowest BCUT2D eigenvalue weighted by Gasteiger charge is -2.33. The van der Waals surface area contributed by atoms with E-state index in [9.17, 15) is 9.59 Å². The minimum absolute atomic E-state index is 0.0147. The van der Waals surface area contributed by atoms with E-state index < -0.39 is 0 Å². The van der Waals surface area contributed by atoms with E-state index in [1.807, 2.05) is 79.4 Å². The maximum atomic E-state index is 14.7. The molecule has 1 aliphatic carbocycles. The topological polar surface area (TPSA) is 98.4 Å². The lowest BCUT2D eigenvalue weighted by Crippen LogP contribution is -2.47. The van der Waals surface area contributed by atoms with Gasteiger partial charge in [-0.2, -0.15) is 0 Å². The Hall–Kier alpha value is -3.89. The number of nitrogens with one attached hydrogen (secondary N) is 2. The zero-order valence-electron chi connectivity index (χ0n) is 29.0. The summed E-state index contributed by atoms with van der Waals surface area (Å²) in [6, 6.07) is 19.7. The number of methoxy groups -OCH3 is 1. The lowest BCUT2D eigenvalue weighted by atomic mass is 9.88. The van der Waals surface area contributed by atoms with E-state index in [4.69, 9.17) is 30.5 Å². The molecular weight excluding hydrogens is 642 g/mol. The summed E-state index contributed by atoms with van der Waals surface area (Å²) in [5.74, 6) is 1.60. The summed E-state index contributed by atoms with van der Waals surface area (Å²) in [4.78, 5) is 28.5. The normalized spacial score (nSPS) is 16.0. The number of hydrogen-bond acceptors (Lipinski definition) is 7. The zero-order chi connectivity index (χ0) is 34.8. The Morgan fingerprint density at radius 3 is 2.43 bits per heavy atom. The molecule has 0 radical (unpaired) electrons. The molecule has 10 heteroatoms. The first-order valence-corrected chi connectivity index (χ1v) is 17.4. The van der Waals surface area contributed by atoms with Gasteiger partial charge in [0.05, 0.1) is 12.6 Å². The van der Waals surface area contributed by atoms with Crippen LogP contribution in [0.15, 0.2) is 66.2 Å². The average Bonchev–Trinajstić information content (AvgIpc) is 3.95. The third-order valence-corrected chi connectivity index (χ3v) is 9.35. The number of halogens is 1. The number of rotatable bonds is 17. The summed E-state index contributed by atoms with van der Waals surface area (Å²) in [7, 11) is 3.22. The maximum absolute atomic E-state index is 14.7.